The van der Waals surface area contributed by atoms with E-state index >= 15 is 0 Å². The van der Waals surface area contributed by atoms with Gasteiger partial charge in [0.15, 0.2) is 0 Å². The van der Waals surface area contributed by atoms with Gasteiger partial charge in [-0.2, -0.15) is 0 Å². The fourth-order valence-corrected chi connectivity index (χ4v) is 1.21. The Bertz CT molecular complexity index is 229. The zero-order valence-electron chi connectivity index (χ0n) is 9.70. The number of amides is 2. The second kappa shape index (κ2) is 6.27. The van der Waals surface area contributed by atoms with Crippen LogP contribution in [0.4, 0.5) is 4.79 Å². The number of carboxylic acids is 1. The van der Waals surface area contributed by atoms with E-state index in [1.54, 1.807) is 0 Å². The number of rotatable bonds is 5. The van der Waals surface area contributed by atoms with Crippen LogP contribution >= 0.6 is 0 Å². The molecule has 2 atom stereocenters. The third-order valence-corrected chi connectivity index (χ3v) is 2.28. The predicted molar refractivity (Wildman–Crippen MR) is 57.7 cm³/mol. The minimum Gasteiger partial charge on any atom is -0.480 e. The first-order valence-corrected chi connectivity index (χ1v) is 5.18. The number of carbonyl (C=O) groups is 2. The maximum atomic E-state index is 11.3. The minimum absolute atomic E-state index is 0.0750. The number of aliphatic carboxylic acids is 1. The quantitative estimate of drug-likeness (QED) is 0.646. The van der Waals surface area contributed by atoms with Crippen LogP contribution in [-0.2, 0) is 4.79 Å². The molecule has 2 unspecified atom stereocenters. The lowest BCUT2D eigenvalue weighted by molar-refractivity contribution is -0.138. The van der Waals surface area contributed by atoms with E-state index in [0.29, 0.717) is 5.92 Å². The first-order chi connectivity index (χ1) is 6.88. The summed E-state index contributed by atoms with van der Waals surface area (Å²) in [5.74, 6) is -0.705. The molecular weight excluding hydrogens is 196 g/mol. The fraction of sp³-hybridized carbons (Fsp3) is 0.800. The summed E-state index contributed by atoms with van der Waals surface area (Å²) >= 11 is 0. The number of hydrogen-bond acceptors (Lipinski definition) is 2. The molecule has 0 rings (SSSR count). The highest BCUT2D eigenvalue weighted by Crippen LogP contribution is 2.04. The van der Waals surface area contributed by atoms with E-state index in [4.69, 9.17) is 5.11 Å². The normalized spacial score (nSPS) is 14.5. The SMILES string of the molecule is CCC(NC(=O)NC(C)C(=O)O)C(C)C. The Balaban J connectivity index is 4.07. The molecule has 2 amide bonds. The smallest absolute Gasteiger partial charge is 0.325 e. The molecule has 3 N–H and O–H groups in total. The molecule has 0 bridgehead atoms. The van der Waals surface area contributed by atoms with Crippen molar-refractivity contribution in [2.45, 2.75) is 46.2 Å². The second-order valence-corrected chi connectivity index (χ2v) is 3.94. The summed E-state index contributed by atoms with van der Waals surface area (Å²) in [7, 11) is 0. The molecule has 5 nitrogen and oxygen atoms in total. The van der Waals surface area contributed by atoms with E-state index in [-0.39, 0.29) is 6.04 Å². The third-order valence-electron chi connectivity index (χ3n) is 2.28. The van der Waals surface area contributed by atoms with Crippen LogP contribution < -0.4 is 10.6 Å². The zero-order valence-corrected chi connectivity index (χ0v) is 9.70. The van der Waals surface area contributed by atoms with Crippen molar-refractivity contribution in [2.75, 3.05) is 0 Å². The lowest BCUT2D eigenvalue weighted by Gasteiger charge is -2.21. The summed E-state index contributed by atoms with van der Waals surface area (Å²) in [6.07, 6.45) is 0.826. The molecule has 0 fully saturated rings. The summed E-state index contributed by atoms with van der Waals surface area (Å²) in [5, 5.41) is 13.7. The van der Waals surface area contributed by atoms with Crippen molar-refractivity contribution in [2.24, 2.45) is 5.92 Å². The van der Waals surface area contributed by atoms with Gasteiger partial charge in [0, 0.05) is 6.04 Å². The van der Waals surface area contributed by atoms with Gasteiger partial charge in [0.1, 0.15) is 6.04 Å². The molecule has 5 heteroatoms. The predicted octanol–water partition coefficient (Wildman–Crippen LogP) is 1.19. The topological polar surface area (TPSA) is 78.4 Å². The number of hydrogen-bond donors (Lipinski definition) is 3. The Morgan fingerprint density at radius 2 is 1.73 bits per heavy atom. The Hall–Kier alpha value is -1.26. The van der Waals surface area contributed by atoms with E-state index in [9.17, 15) is 9.59 Å². The highest BCUT2D eigenvalue weighted by Gasteiger charge is 2.17. The van der Waals surface area contributed by atoms with E-state index in [1.807, 2.05) is 20.8 Å². The highest BCUT2D eigenvalue weighted by atomic mass is 16.4. The monoisotopic (exact) mass is 216 g/mol. The van der Waals surface area contributed by atoms with Crippen LogP contribution in [0.15, 0.2) is 0 Å². The van der Waals surface area contributed by atoms with Crippen LogP contribution in [0.25, 0.3) is 0 Å². The largest absolute Gasteiger partial charge is 0.480 e. The molecule has 88 valence electrons. The Labute approximate surface area is 90.2 Å². The average Bonchev–Trinajstić information content (AvgIpc) is 2.13. The number of carbonyl (C=O) groups excluding carboxylic acids is 1. The van der Waals surface area contributed by atoms with Gasteiger partial charge in [-0.25, -0.2) is 4.79 Å². The van der Waals surface area contributed by atoms with Gasteiger partial charge in [-0.1, -0.05) is 20.8 Å². The Morgan fingerprint density at radius 1 is 1.20 bits per heavy atom. The molecule has 0 aromatic carbocycles. The van der Waals surface area contributed by atoms with Gasteiger partial charge < -0.3 is 15.7 Å². The molecule has 15 heavy (non-hydrogen) atoms. The van der Waals surface area contributed by atoms with E-state index in [0.717, 1.165) is 6.42 Å². The lowest BCUT2D eigenvalue weighted by Crippen LogP contribution is -2.49. The van der Waals surface area contributed by atoms with Crippen molar-refractivity contribution in [3.63, 3.8) is 0 Å². The maximum absolute atomic E-state index is 11.3. The van der Waals surface area contributed by atoms with Crippen molar-refractivity contribution in [3.05, 3.63) is 0 Å². The molecule has 0 saturated carbocycles. The van der Waals surface area contributed by atoms with Crippen molar-refractivity contribution in [1.29, 1.82) is 0 Å². The summed E-state index contributed by atoms with van der Waals surface area (Å²) < 4.78 is 0. The number of urea groups is 1. The van der Waals surface area contributed by atoms with Crippen molar-refractivity contribution >= 4 is 12.0 Å². The molecule has 0 radical (unpaired) electrons. The summed E-state index contributed by atoms with van der Waals surface area (Å²) in [5.41, 5.74) is 0. The van der Waals surface area contributed by atoms with Crippen LogP contribution in [0.1, 0.15) is 34.1 Å². The molecule has 0 aliphatic heterocycles. The molecule has 0 aliphatic rings. The molecular formula is C10H20N2O3. The fourth-order valence-electron chi connectivity index (χ4n) is 1.21. The van der Waals surface area contributed by atoms with E-state index in [1.165, 1.54) is 6.92 Å². The average molecular weight is 216 g/mol. The number of nitrogens with one attached hydrogen (secondary N) is 2. The highest BCUT2D eigenvalue weighted by molar-refractivity contribution is 5.82. The van der Waals surface area contributed by atoms with Gasteiger partial charge in [0.25, 0.3) is 0 Å². The standard InChI is InChI=1S/C10H20N2O3/c1-5-8(6(2)3)12-10(15)11-7(4)9(13)14/h6-8H,5H2,1-4H3,(H,13,14)(H2,11,12,15). The van der Waals surface area contributed by atoms with Crippen molar-refractivity contribution < 1.29 is 14.7 Å². The number of carboxylic acid groups (broad SMARTS) is 1. The van der Waals surface area contributed by atoms with Crippen molar-refractivity contribution in [1.82, 2.24) is 10.6 Å². The van der Waals surface area contributed by atoms with Gasteiger partial charge >= 0.3 is 12.0 Å². The molecule has 0 aromatic rings. The van der Waals surface area contributed by atoms with Gasteiger partial charge in [-0.15, -0.1) is 0 Å². The third kappa shape index (κ3) is 5.24. The second-order valence-electron chi connectivity index (χ2n) is 3.94. The first kappa shape index (κ1) is 13.7. The molecule has 0 spiro atoms. The van der Waals surface area contributed by atoms with Gasteiger partial charge in [0.2, 0.25) is 0 Å². The molecule has 0 heterocycles. The van der Waals surface area contributed by atoms with E-state index in [2.05, 4.69) is 10.6 Å². The maximum Gasteiger partial charge on any atom is 0.325 e. The first-order valence-electron chi connectivity index (χ1n) is 5.18. The van der Waals surface area contributed by atoms with Crippen LogP contribution in [0.2, 0.25) is 0 Å². The van der Waals surface area contributed by atoms with E-state index < -0.39 is 18.0 Å². The molecule has 0 saturated heterocycles. The zero-order chi connectivity index (χ0) is 12.0. The minimum atomic E-state index is -1.04. The van der Waals surface area contributed by atoms with Gasteiger partial charge in [-0.3, -0.25) is 4.79 Å². The van der Waals surface area contributed by atoms with Crippen LogP contribution in [-0.4, -0.2) is 29.2 Å². The Morgan fingerprint density at radius 3 is 2.07 bits per heavy atom. The molecule has 0 aromatic heterocycles. The van der Waals surface area contributed by atoms with Crippen molar-refractivity contribution in [3.8, 4) is 0 Å². The lowest BCUT2D eigenvalue weighted by atomic mass is 10.0. The summed E-state index contributed by atoms with van der Waals surface area (Å²) in [6.45, 7) is 7.42. The Kier molecular flexibility index (Phi) is 5.74. The van der Waals surface area contributed by atoms with Crippen LogP contribution in [0.3, 0.4) is 0 Å². The summed E-state index contributed by atoms with van der Waals surface area (Å²) in [4.78, 5) is 21.8. The van der Waals surface area contributed by atoms with Gasteiger partial charge in [-0.05, 0) is 19.3 Å². The van der Waals surface area contributed by atoms with Crippen LogP contribution in [0.5, 0.6) is 0 Å². The molecule has 0 aliphatic carbocycles. The van der Waals surface area contributed by atoms with Crippen LogP contribution in [0, 0.1) is 5.92 Å². The van der Waals surface area contributed by atoms with Gasteiger partial charge in [0.05, 0.1) is 0 Å². The summed E-state index contributed by atoms with van der Waals surface area (Å²) in [6, 6.07) is -1.22.